The zero-order chi connectivity index (χ0) is 11.4. The molecule has 2 rings (SSSR count). The molecule has 0 aliphatic heterocycles. The van der Waals surface area contributed by atoms with Gasteiger partial charge in [0.25, 0.3) is 0 Å². The Bertz CT molecular complexity index is 197. The highest BCUT2D eigenvalue weighted by atomic mass is 16.3. The first kappa shape index (κ1) is 12.4. The molecule has 2 aliphatic carbocycles. The maximum atomic E-state index is 10.7. The zero-order valence-electron chi connectivity index (χ0n) is 10.9. The lowest BCUT2D eigenvalue weighted by atomic mass is 9.67. The Labute approximate surface area is 101 Å². The number of hydrogen-bond donors (Lipinski definition) is 1. The Morgan fingerprint density at radius 2 is 1.38 bits per heavy atom. The normalized spacial score (nSPS) is 29.6. The molecule has 0 saturated heterocycles. The molecule has 2 aliphatic rings. The second-order valence-electron chi connectivity index (χ2n) is 6.41. The number of aliphatic hydroxyl groups is 1. The summed E-state index contributed by atoms with van der Waals surface area (Å²) in [4.78, 5) is 0. The molecule has 16 heavy (non-hydrogen) atoms. The van der Waals surface area contributed by atoms with E-state index in [2.05, 4.69) is 6.92 Å². The molecule has 0 heterocycles. The Hall–Kier alpha value is -0.0400. The lowest BCUT2D eigenvalue weighted by molar-refractivity contribution is -0.0350. The van der Waals surface area contributed by atoms with Crippen LogP contribution in [0.1, 0.15) is 77.6 Å². The average Bonchev–Trinajstić information content (AvgIpc) is 2.57. The molecule has 0 radical (unpaired) electrons. The zero-order valence-corrected chi connectivity index (χ0v) is 10.9. The average molecular weight is 224 g/mol. The summed E-state index contributed by atoms with van der Waals surface area (Å²) in [6.07, 6.45) is 14.6. The van der Waals surface area contributed by atoms with Gasteiger partial charge < -0.3 is 5.11 Å². The Balaban J connectivity index is 1.95. The first-order chi connectivity index (χ1) is 7.72. The van der Waals surface area contributed by atoms with Gasteiger partial charge in [0, 0.05) is 0 Å². The summed E-state index contributed by atoms with van der Waals surface area (Å²) >= 11 is 0. The molecule has 2 fully saturated rings. The molecular weight excluding hydrogens is 196 g/mol. The van der Waals surface area contributed by atoms with E-state index in [0.29, 0.717) is 5.92 Å². The highest BCUT2D eigenvalue weighted by molar-refractivity contribution is 4.89. The van der Waals surface area contributed by atoms with Crippen LogP contribution in [0.2, 0.25) is 0 Å². The lowest BCUT2D eigenvalue weighted by Gasteiger charge is -2.41. The van der Waals surface area contributed by atoms with Gasteiger partial charge in [-0.2, -0.15) is 0 Å². The maximum absolute atomic E-state index is 10.7. The molecule has 94 valence electrons. The van der Waals surface area contributed by atoms with Crippen LogP contribution in [-0.4, -0.2) is 11.2 Å². The quantitative estimate of drug-likeness (QED) is 0.694. The van der Waals surface area contributed by atoms with Gasteiger partial charge >= 0.3 is 0 Å². The van der Waals surface area contributed by atoms with Crippen LogP contribution in [0.15, 0.2) is 0 Å². The fourth-order valence-corrected chi connectivity index (χ4v) is 3.85. The third-order valence-corrected chi connectivity index (χ3v) is 5.06. The molecule has 2 saturated carbocycles. The van der Waals surface area contributed by atoms with Crippen molar-refractivity contribution in [3.8, 4) is 0 Å². The van der Waals surface area contributed by atoms with Crippen molar-refractivity contribution >= 4 is 0 Å². The number of rotatable bonds is 2. The van der Waals surface area contributed by atoms with Crippen LogP contribution in [0, 0.1) is 11.3 Å². The van der Waals surface area contributed by atoms with Gasteiger partial charge in [0.2, 0.25) is 0 Å². The first-order valence-corrected chi connectivity index (χ1v) is 7.40. The summed E-state index contributed by atoms with van der Waals surface area (Å²) in [7, 11) is 0. The summed E-state index contributed by atoms with van der Waals surface area (Å²) in [6, 6.07) is 0. The van der Waals surface area contributed by atoms with Crippen molar-refractivity contribution in [2.24, 2.45) is 11.3 Å². The molecule has 0 bridgehead atoms. The van der Waals surface area contributed by atoms with E-state index in [-0.39, 0.29) is 11.5 Å². The van der Waals surface area contributed by atoms with Gasteiger partial charge in [-0.1, -0.05) is 51.9 Å². The van der Waals surface area contributed by atoms with Gasteiger partial charge in [-0.15, -0.1) is 0 Å². The van der Waals surface area contributed by atoms with Crippen LogP contribution in [0.5, 0.6) is 0 Å². The van der Waals surface area contributed by atoms with Crippen molar-refractivity contribution in [1.29, 1.82) is 0 Å². The molecule has 0 aromatic carbocycles. The summed E-state index contributed by atoms with van der Waals surface area (Å²) in [5.41, 5.74) is 0.243. The van der Waals surface area contributed by atoms with Crippen molar-refractivity contribution in [3.05, 3.63) is 0 Å². The monoisotopic (exact) mass is 224 g/mol. The fourth-order valence-electron chi connectivity index (χ4n) is 3.85. The smallest absolute Gasteiger partial charge is 0.0621 e. The van der Waals surface area contributed by atoms with Gasteiger partial charge in [0.15, 0.2) is 0 Å². The van der Waals surface area contributed by atoms with Gasteiger partial charge in [-0.25, -0.2) is 0 Å². The van der Waals surface area contributed by atoms with E-state index in [9.17, 15) is 5.11 Å². The highest BCUT2D eigenvalue weighted by Crippen LogP contribution is 2.43. The number of hydrogen-bond acceptors (Lipinski definition) is 1. The maximum Gasteiger partial charge on any atom is 0.0621 e. The van der Waals surface area contributed by atoms with Crippen molar-refractivity contribution in [3.63, 3.8) is 0 Å². The molecule has 1 atom stereocenters. The van der Waals surface area contributed by atoms with Crippen LogP contribution >= 0.6 is 0 Å². The first-order valence-electron chi connectivity index (χ1n) is 7.40. The molecule has 0 spiro atoms. The molecule has 1 unspecified atom stereocenters. The van der Waals surface area contributed by atoms with E-state index in [4.69, 9.17) is 0 Å². The van der Waals surface area contributed by atoms with Gasteiger partial charge in [-0.3, -0.25) is 0 Å². The standard InChI is InChI=1S/C15H28O/c1-15(11-7-4-8-12-15)14(16)13-9-5-2-3-6-10-13/h13-14,16H,2-12H2,1H3. The van der Waals surface area contributed by atoms with E-state index in [1.54, 1.807) is 0 Å². The summed E-state index contributed by atoms with van der Waals surface area (Å²) in [5.74, 6) is 0.602. The van der Waals surface area contributed by atoms with Crippen LogP contribution in [0.3, 0.4) is 0 Å². The molecule has 0 aromatic heterocycles. The summed E-state index contributed by atoms with van der Waals surface area (Å²) < 4.78 is 0. The summed E-state index contributed by atoms with van der Waals surface area (Å²) in [5, 5.41) is 10.7. The third kappa shape index (κ3) is 2.80. The molecule has 0 amide bonds. The third-order valence-electron chi connectivity index (χ3n) is 5.06. The van der Waals surface area contributed by atoms with Crippen molar-refractivity contribution in [2.45, 2.75) is 83.7 Å². The highest BCUT2D eigenvalue weighted by Gasteiger charge is 2.38. The SMILES string of the molecule is CC1(C(O)C2CCCCCC2)CCCCC1. The fraction of sp³-hybridized carbons (Fsp3) is 1.00. The van der Waals surface area contributed by atoms with Crippen molar-refractivity contribution in [2.75, 3.05) is 0 Å². The van der Waals surface area contributed by atoms with E-state index >= 15 is 0 Å². The molecule has 0 aromatic rings. The van der Waals surface area contributed by atoms with Crippen molar-refractivity contribution < 1.29 is 5.11 Å². The minimum absolute atomic E-state index is 0.0223. The lowest BCUT2D eigenvalue weighted by Crippen LogP contribution is -2.39. The van der Waals surface area contributed by atoms with E-state index in [0.717, 1.165) is 0 Å². The van der Waals surface area contributed by atoms with E-state index in [1.165, 1.54) is 70.6 Å². The Kier molecular flexibility index (Phi) is 4.29. The predicted molar refractivity (Wildman–Crippen MR) is 68.4 cm³/mol. The van der Waals surface area contributed by atoms with Gasteiger partial charge in [-0.05, 0) is 37.0 Å². The minimum Gasteiger partial charge on any atom is -0.392 e. The second-order valence-corrected chi connectivity index (χ2v) is 6.41. The molecular formula is C15H28O. The van der Waals surface area contributed by atoms with Crippen LogP contribution < -0.4 is 0 Å². The number of aliphatic hydroxyl groups excluding tert-OH is 1. The molecule has 1 nitrogen and oxygen atoms in total. The van der Waals surface area contributed by atoms with Crippen LogP contribution in [0.25, 0.3) is 0 Å². The summed E-state index contributed by atoms with van der Waals surface area (Å²) in [6.45, 7) is 2.34. The largest absolute Gasteiger partial charge is 0.392 e. The van der Waals surface area contributed by atoms with Gasteiger partial charge in [0.1, 0.15) is 0 Å². The molecule has 1 N–H and O–H groups in total. The van der Waals surface area contributed by atoms with E-state index < -0.39 is 0 Å². The Morgan fingerprint density at radius 3 is 1.94 bits per heavy atom. The van der Waals surface area contributed by atoms with E-state index in [1.807, 2.05) is 0 Å². The predicted octanol–water partition coefficient (Wildman–Crippen LogP) is 4.29. The van der Waals surface area contributed by atoms with Crippen molar-refractivity contribution in [1.82, 2.24) is 0 Å². The van der Waals surface area contributed by atoms with Crippen LogP contribution in [-0.2, 0) is 0 Å². The van der Waals surface area contributed by atoms with Gasteiger partial charge in [0.05, 0.1) is 6.10 Å². The topological polar surface area (TPSA) is 20.2 Å². The second kappa shape index (κ2) is 5.53. The molecule has 1 heteroatoms. The minimum atomic E-state index is -0.0223. The Morgan fingerprint density at radius 1 is 0.875 bits per heavy atom. The van der Waals surface area contributed by atoms with Crippen LogP contribution in [0.4, 0.5) is 0 Å².